The molecule has 20 heavy (non-hydrogen) atoms. The molecule has 0 bridgehead atoms. The van der Waals surface area contributed by atoms with Gasteiger partial charge >= 0.3 is 0 Å². The number of nitrogen functional groups attached to an aromatic ring is 1. The molecule has 1 aromatic rings. The highest BCUT2D eigenvalue weighted by atomic mass is 19.1. The lowest BCUT2D eigenvalue weighted by Crippen LogP contribution is -2.37. The van der Waals surface area contributed by atoms with E-state index >= 15 is 0 Å². The Kier molecular flexibility index (Phi) is 5.31. The molecular formula is C14H20FN3O2. The molecule has 5 nitrogen and oxygen atoms in total. The van der Waals surface area contributed by atoms with Crippen molar-refractivity contribution in [1.82, 2.24) is 4.90 Å². The highest BCUT2D eigenvalue weighted by molar-refractivity contribution is 5.97. The van der Waals surface area contributed by atoms with Crippen LogP contribution in [-0.2, 0) is 4.74 Å². The molecule has 3 N–H and O–H groups in total. The van der Waals surface area contributed by atoms with Gasteiger partial charge in [-0.15, -0.1) is 0 Å². The van der Waals surface area contributed by atoms with Crippen molar-refractivity contribution in [3.8, 4) is 5.75 Å². The van der Waals surface area contributed by atoms with Crippen molar-refractivity contribution in [2.75, 3.05) is 39.5 Å². The Morgan fingerprint density at radius 3 is 2.85 bits per heavy atom. The highest BCUT2D eigenvalue weighted by Crippen LogP contribution is 2.21. The molecule has 6 heteroatoms. The second-order valence-corrected chi connectivity index (χ2v) is 4.68. The molecule has 1 aliphatic heterocycles. The third-order valence-electron chi connectivity index (χ3n) is 3.22. The Morgan fingerprint density at radius 2 is 2.15 bits per heavy atom. The molecule has 0 unspecified atom stereocenters. The summed E-state index contributed by atoms with van der Waals surface area (Å²) >= 11 is 0. The predicted octanol–water partition coefficient (Wildman–Crippen LogP) is 1.21. The van der Waals surface area contributed by atoms with Gasteiger partial charge in [0, 0.05) is 19.6 Å². The van der Waals surface area contributed by atoms with Crippen LogP contribution in [0.5, 0.6) is 5.75 Å². The van der Waals surface area contributed by atoms with Gasteiger partial charge in [0.1, 0.15) is 17.4 Å². The molecule has 0 radical (unpaired) electrons. The van der Waals surface area contributed by atoms with Gasteiger partial charge in [-0.3, -0.25) is 10.3 Å². The van der Waals surface area contributed by atoms with E-state index in [1.165, 1.54) is 6.07 Å². The molecule has 1 aliphatic rings. The minimum Gasteiger partial charge on any atom is -0.493 e. The van der Waals surface area contributed by atoms with Crippen LogP contribution in [0.2, 0.25) is 0 Å². The van der Waals surface area contributed by atoms with Gasteiger partial charge in [0.25, 0.3) is 0 Å². The third-order valence-corrected chi connectivity index (χ3v) is 3.22. The second-order valence-electron chi connectivity index (χ2n) is 4.68. The first-order valence-electron chi connectivity index (χ1n) is 6.74. The van der Waals surface area contributed by atoms with Crippen molar-refractivity contribution >= 4 is 5.84 Å². The topological polar surface area (TPSA) is 71.6 Å². The van der Waals surface area contributed by atoms with Crippen molar-refractivity contribution in [3.05, 3.63) is 29.6 Å². The second kappa shape index (κ2) is 7.21. The molecule has 1 aromatic carbocycles. The summed E-state index contributed by atoms with van der Waals surface area (Å²) in [6.45, 7) is 4.84. The van der Waals surface area contributed by atoms with Crippen LogP contribution >= 0.6 is 0 Å². The first kappa shape index (κ1) is 14.7. The standard InChI is InChI=1S/C14H20FN3O2/c15-11-3-1-4-12(13(11)14(16)17)20-8-2-5-18-6-9-19-10-7-18/h1,3-4H,2,5-10H2,(H3,16,17). The van der Waals surface area contributed by atoms with Gasteiger partial charge in [-0.2, -0.15) is 0 Å². The van der Waals surface area contributed by atoms with Crippen LogP contribution in [0.4, 0.5) is 4.39 Å². The highest BCUT2D eigenvalue weighted by Gasteiger charge is 2.13. The third kappa shape index (κ3) is 3.91. The van der Waals surface area contributed by atoms with E-state index in [4.69, 9.17) is 20.6 Å². The van der Waals surface area contributed by atoms with Crippen molar-refractivity contribution in [1.29, 1.82) is 5.41 Å². The number of nitrogens with two attached hydrogens (primary N) is 1. The summed E-state index contributed by atoms with van der Waals surface area (Å²) in [6.07, 6.45) is 0.841. The van der Waals surface area contributed by atoms with Crippen LogP contribution in [0.15, 0.2) is 18.2 Å². The molecule has 1 saturated heterocycles. The first-order valence-corrected chi connectivity index (χ1v) is 6.74. The smallest absolute Gasteiger partial charge is 0.137 e. The number of halogens is 1. The van der Waals surface area contributed by atoms with Crippen molar-refractivity contribution in [2.24, 2.45) is 5.73 Å². The monoisotopic (exact) mass is 281 g/mol. The molecule has 2 rings (SSSR count). The molecule has 0 atom stereocenters. The van der Waals surface area contributed by atoms with Crippen LogP contribution in [0.1, 0.15) is 12.0 Å². The van der Waals surface area contributed by atoms with Crippen molar-refractivity contribution in [3.63, 3.8) is 0 Å². The summed E-state index contributed by atoms with van der Waals surface area (Å²) < 4.78 is 24.4. The minimum absolute atomic E-state index is 0.0406. The molecule has 0 aliphatic carbocycles. The fourth-order valence-corrected chi connectivity index (χ4v) is 2.18. The Morgan fingerprint density at radius 1 is 1.40 bits per heavy atom. The largest absolute Gasteiger partial charge is 0.493 e. The van der Waals surface area contributed by atoms with E-state index in [1.807, 2.05) is 0 Å². The Balaban J connectivity index is 1.82. The number of amidine groups is 1. The molecule has 110 valence electrons. The normalized spacial score (nSPS) is 16.1. The van der Waals surface area contributed by atoms with Crippen LogP contribution in [0.25, 0.3) is 0 Å². The number of benzene rings is 1. The molecule has 0 aromatic heterocycles. The van der Waals surface area contributed by atoms with Gasteiger partial charge in [-0.25, -0.2) is 4.39 Å². The minimum atomic E-state index is -0.525. The van der Waals surface area contributed by atoms with Crippen LogP contribution in [0.3, 0.4) is 0 Å². The number of nitrogens with zero attached hydrogens (tertiary/aromatic N) is 1. The molecule has 0 amide bonds. The zero-order valence-corrected chi connectivity index (χ0v) is 11.4. The number of hydrogen-bond acceptors (Lipinski definition) is 4. The van der Waals surface area contributed by atoms with Gasteiger partial charge in [0.15, 0.2) is 0 Å². The van der Waals surface area contributed by atoms with Gasteiger partial charge in [-0.1, -0.05) is 6.07 Å². The Bertz CT molecular complexity index is 462. The average molecular weight is 281 g/mol. The van der Waals surface area contributed by atoms with E-state index in [2.05, 4.69) is 4.90 Å². The summed E-state index contributed by atoms with van der Waals surface area (Å²) in [5, 5.41) is 7.39. The van der Waals surface area contributed by atoms with Crippen molar-refractivity contribution in [2.45, 2.75) is 6.42 Å². The van der Waals surface area contributed by atoms with Gasteiger partial charge in [0.05, 0.1) is 25.4 Å². The lowest BCUT2D eigenvalue weighted by Gasteiger charge is -2.26. The summed E-state index contributed by atoms with van der Waals surface area (Å²) in [5.41, 5.74) is 5.42. The van der Waals surface area contributed by atoms with E-state index < -0.39 is 5.82 Å². The zero-order valence-electron chi connectivity index (χ0n) is 11.4. The van der Waals surface area contributed by atoms with Crippen LogP contribution < -0.4 is 10.5 Å². The average Bonchev–Trinajstić information content (AvgIpc) is 2.44. The number of ether oxygens (including phenoxy) is 2. The summed E-state index contributed by atoms with van der Waals surface area (Å²) in [4.78, 5) is 2.31. The number of morpholine rings is 1. The van der Waals surface area contributed by atoms with E-state index in [-0.39, 0.29) is 11.4 Å². The van der Waals surface area contributed by atoms with E-state index in [0.717, 1.165) is 39.3 Å². The van der Waals surface area contributed by atoms with Crippen molar-refractivity contribution < 1.29 is 13.9 Å². The summed E-state index contributed by atoms with van der Waals surface area (Å²) in [7, 11) is 0. The van der Waals surface area contributed by atoms with Gasteiger partial charge in [-0.05, 0) is 18.6 Å². The van der Waals surface area contributed by atoms with Crippen LogP contribution in [0, 0.1) is 11.2 Å². The SMILES string of the molecule is N=C(N)c1c(F)cccc1OCCCN1CCOCC1. The quantitative estimate of drug-likeness (QED) is 0.467. The maximum absolute atomic E-state index is 13.6. The molecule has 1 heterocycles. The van der Waals surface area contributed by atoms with Gasteiger partial charge in [0.2, 0.25) is 0 Å². The predicted molar refractivity (Wildman–Crippen MR) is 74.8 cm³/mol. The fourth-order valence-electron chi connectivity index (χ4n) is 2.18. The van der Waals surface area contributed by atoms with Gasteiger partial charge < -0.3 is 15.2 Å². The lowest BCUT2D eigenvalue weighted by molar-refractivity contribution is 0.0358. The van der Waals surface area contributed by atoms with E-state index in [9.17, 15) is 4.39 Å². The lowest BCUT2D eigenvalue weighted by atomic mass is 10.1. The maximum atomic E-state index is 13.6. The fraction of sp³-hybridized carbons (Fsp3) is 0.500. The molecule has 1 fully saturated rings. The Hall–Kier alpha value is -1.66. The number of hydrogen-bond donors (Lipinski definition) is 2. The van der Waals surface area contributed by atoms with E-state index in [1.54, 1.807) is 12.1 Å². The maximum Gasteiger partial charge on any atom is 0.137 e. The zero-order chi connectivity index (χ0) is 14.4. The Labute approximate surface area is 118 Å². The number of nitrogens with one attached hydrogen (secondary N) is 1. The number of rotatable bonds is 6. The molecular weight excluding hydrogens is 261 g/mol. The molecule has 0 saturated carbocycles. The molecule has 0 spiro atoms. The summed E-state index contributed by atoms with van der Waals surface area (Å²) in [5.74, 6) is -0.506. The summed E-state index contributed by atoms with van der Waals surface area (Å²) in [6, 6.07) is 4.46. The first-order chi connectivity index (χ1) is 9.68. The van der Waals surface area contributed by atoms with Crippen LogP contribution in [-0.4, -0.2) is 50.2 Å². The van der Waals surface area contributed by atoms with E-state index in [0.29, 0.717) is 12.4 Å².